The van der Waals surface area contributed by atoms with E-state index in [1.54, 1.807) is 12.0 Å². The first-order chi connectivity index (χ1) is 8.60. The molecule has 1 fully saturated rings. The molecule has 1 heterocycles. The van der Waals surface area contributed by atoms with E-state index in [4.69, 9.17) is 15.2 Å². The van der Waals surface area contributed by atoms with Crippen LogP contribution >= 0.6 is 12.4 Å². The maximum absolute atomic E-state index is 11.9. The lowest BCUT2D eigenvalue weighted by atomic mass is 10.2. The zero-order valence-electron chi connectivity index (χ0n) is 11.3. The molecule has 1 rings (SSSR count). The minimum absolute atomic E-state index is 0. The van der Waals surface area contributed by atoms with Crippen molar-refractivity contribution in [1.82, 2.24) is 9.80 Å². The molecule has 0 spiro atoms. The summed E-state index contributed by atoms with van der Waals surface area (Å²) >= 11 is 0. The van der Waals surface area contributed by atoms with Gasteiger partial charge in [-0.1, -0.05) is 0 Å². The number of amides is 2. The first kappa shape index (κ1) is 18.1. The zero-order chi connectivity index (χ0) is 13.5. The highest BCUT2D eigenvalue weighted by Crippen LogP contribution is 2.05. The molecule has 0 aliphatic carbocycles. The molecule has 1 unspecified atom stereocenters. The maximum Gasteiger partial charge on any atom is 0.242 e. The van der Waals surface area contributed by atoms with Crippen molar-refractivity contribution in [2.24, 2.45) is 5.73 Å². The van der Waals surface area contributed by atoms with Gasteiger partial charge in [-0.15, -0.1) is 12.4 Å². The van der Waals surface area contributed by atoms with E-state index in [-0.39, 0.29) is 37.4 Å². The van der Waals surface area contributed by atoms with Gasteiger partial charge in [0.25, 0.3) is 0 Å². The van der Waals surface area contributed by atoms with Gasteiger partial charge in [-0.25, -0.2) is 0 Å². The summed E-state index contributed by atoms with van der Waals surface area (Å²) in [6.45, 7) is 2.33. The lowest BCUT2D eigenvalue weighted by molar-refractivity contribution is -0.146. The molecule has 112 valence electrons. The number of rotatable bonds is 6. The van der Waals surface area contributed by atoms with Crippen molar-refractivity contribution in [1.29, 1.82) is 0 Å². The number of halogens is 1. The van der Waals surface area contributed by atoms with Gasteiger partial charge in [0.05, 0.1) is 19.8 Å². The van der Waals surface area contributed by atoms with Crippen LogP contribution in [0.5, 0.6) is 0 Å². The molecule has 0 radical (unpaired) electrons. The highest BCUT2D eigenvalue weighted by molar-refractivity contribution is 5.88. The molecule has 0 aromatic carbocycles. The maximum atomic E-state index is 11.9. The molecule has 0 aromatic heterocycles. The molecule has 2 amide bonds. The second-order valence-corrected chi connectivity index (χ2v) is 4.20. The van der Waals surface area contributed by atoms with Crippen LogP contribution in [0.4, 0.5) is 0 Å². The van der Waals surface area contributed by atoms with Crippen LogP contribution < -0.4 is 5.73 Å². The van der Waals surface area contributed by atoms with Crippen LogP contribution in [0.2, 0.25) is 0 Å². The number of hydrogen-bond donors (Lipinski definition) is 1. The quantitative estimate of drug-likeness (QED) is 0.658. The van der Waals surface area contributed by atoms with Crippen LogP contribution in [0.15, 0.2) is 0 Å². The molecule has 1 aliphatic heterocycles. The molecular weight excluding hydrogens is 274 g/mol. The van der Waals surface area contributed by atoms with Crippen molar-refractivity contribution in [3.8, 4) is 0 Å². The molecule has 1 saturated heterocycles. The van der Waals surface area contributed by atoms with Crippen molar-refractivity contribution in [2.75, 3.05) is 53.6 Å². The lowest BCUT2D eigenvalue weighted by Gasteiger charge is -2.35. The van der Waals surface area contributed by atoms with Crippen LogP contribution in [0.3, 0.4) is 0 Å². The van der Waals surface area contributed by atoms with Crippen LogP contribution in [-0.2, 0) is 19.1 Å². The summed E-state index contributed by atoms with van der Waals surface area (Å²) in [5, 5.41) is 0. The smallest absolute Gasteiger partial charge is 0.242 e. The standard InChI is InChI=1S/C11H21N3O4.ClH/c1-17-6-5-13-3-4-14(7-10(13)15)11(16)9(12)8-18-2;/h9H,3-8,12H2,1-2H3;1H. The third-order valence-electron chi connectivity index (χ3n) is 2.86. The Morgan fingerprint density at radius 1 is 1.37 bits per heavy atom. The van der Waals surface area contributed by atoms with Crippen molar-refractivity contribution >= 4 is 24.2 Å². The van der Waals surface area contributed by atoms with Crippen molar-refractivity contribution in [2.45, 2.75) is 6.04 Å². The molecular formula is C11H22ClN3O4. The summed E-state index contributed by atoms with van der Waals surface area (Å²) in [6.07, 6.45) is 0. The summed E-state index contributed by atoms with van der Waals surface area (Å²) in [5.41, 5.74) is 5.66. The number of carbonyl (C=O) groups excluding carboxylic acids is 2. The Balaban J connectivity index is 0.00000324. The molecule has 0 saturated carbocycles. The Morgan fingerprint density at radius 3 is 2.58 bits per heavy atom. The van der Waals surface area contributed by atoms with Gasteiger partial charge in [0.15, 0.2) is 0 Å². The topological polar surface area (TPSA) is 85.1 Å². The van der Waals surface area contributed by atoms with E-state index in [9.17, 15) is 9.59 Å². The SMILES string of the molecule is COCCN1CCN(C(=O)C(N)COC)CC1=O.Cl. The van der Waals surface area contributed by atoms with Crippen molar-refractivity contribution in [3.63, 3.8) is 0 Å². The van der Waals surface area contributed by atoms with Crippen molar-refractivity contribution in [3.05, 3.63) is 0 Å². The van der Waals surface area contributed by atoms with E-state index < -0.39 is 6.04 Å². The second-order valence-electron chi connectivity index (χ2n) is 4.20. The van der Waals surface area contributed by atoms with Crippen LogP contribution in [0, 0.1) is 0 Å². The summed E-state index contributed by atoms with van der Waals surface area (Å²) in [4.78, 5) is 26.9. The van der Waals surface area contributed by atoms with Crippen LogP contribution in [0.25, 0.3) is 0 Å². The highest BCUT2D eigenvalue weighted by Gasteiger charge is 2.29. The number of nitrogens with two attached hydrogens (primary N) is 1. The molecule has 7 nitrogen and oxygen atoms in total. The van der Waals surface area contributed by atoms with Gasteiger partial charge in [0, 0.05) is 33.9 Å². The minimum atomic E-state index is -0.701. The third-order valence-corrected chi connectivity index (χ3v) is 2.86. The number of methoxy groups -OCH3 is 2. The van der Waals surface area contributed by atoms with Gasteiger partial charge in [-0.3, -0.25) is 9.59 Å². The predicted octanol–water partition coefficient (Wildman–Crippen LogP) is -1.30. The fourth-order valence-corrected chi connectivity index (χ4v) is 1.82. The Hall–Kier alpha value is -0.890. The van der Waals surface area contributed by atoms with E-state index >= 15 is 0 Å². The fraction of sp³-hybridized carbons (Fsp3) is 0.818. The number of carbonyl (C=O) groups is 2. The zero-order valence-corrected chi connectivity index (χ0v) is 12.1. The largest absolute Gasteiger partial charge is 0.383 e. The summed E-state index contributed by atoms with van der Waals surface area (Å²) in [7, 11) is 3.08. The first-order valence-corrected chi connectivity index (χ1v) is 5.90. The summed E-state index contributed by atoms with van der Waals surface area (Å²) < 4.78 is 9.76. The van der Waals surface area contributed by atoms with Crippen LogP contribution in [0.1, 0.15) is 0 Å². The van der Waals surface area contributed by atoms with E-state index in [1.165, 1.54) is 12.0 Å². The van der Waals surface area contributed by atoms with E-state index in [0.29, 0.717) is 26.2 Å². The highest BCUT2D eigenvalue weighted by atomic mass is 35.5. The normalized spacial score (nSPS) is 17.1. The molecule has 2 N–H and O–H groups in total. The van der Waals surface area contributed by atoms with Crippen molar-refractivity contribution < 1.29 is 19.1 Å². The Bertz CT molecular complexity index is 304. The fourth-order valence-electron chi connectivity index (χ4n) is 1.82. The first-order valence-electron chi connectivity index (χ1n) is 5.90. The average Bonchev–Trinajstić information content (AvgIpc) is 2.36. The number of nitrogens with zero attached hydrogens (tertiary/aromatic N) is 2. The Morgan fingerprint density at radius 2 is 2.05 bits per heavy atom. The summed E-state index contributed by atoms with van der Waals surface area (Å²) in [6, 6.07) is -0.701. The molecule has 0 aromatic rings. The van der Waals surface area contributed by atoms with E-state index in [2.05, 4.69) is 0 Å². The third kappa shape index (κ3) is 5.32. The van der Waals surface area contributed by atoms with Gasteiger partial charge in [-0.2, -0.15) is 0 Å². The van der Waals surface area contributed by atoms with E-state index in [0.717, 1.165) is 0 Å². The number of ether oxygens (including phenoxy) is 2. The molecule has 1 atom stereocenters. The molecule has 1 aliphatic rings. The Labute approximate surface area is 119 Å². The molecule has 19 heavy (non-hydrogen) atoms. The van der Waals surface area contributed by atoms with Gasteiger partial charge in [-0.05, 0) is 0 Å². The van der Waals surface area contributed by atoms with E-state index in [1.807, 2.05) is 0 Å². The lowest BCUT2D eigenvalue weighted by Crippen LogP contribution is -2.56. The number of hydrogen-bond acceptors (Lipinski definition) is 5. The van der Waals surface area contributed by atoms with Gasteiger partial charge in [0.2, 0.25) is 11.8 Å². The number of piperazine rings is 1. The molecule has 8 heteroatoms. The predicted molar refractivity (Wildman–Crippen MR) is 72.1 cm³/mol. The van der Waals surface area contributed by atoms with Crippen LogP contribution in [-0.4, -0.2) is 81.3 Å². The summed E-state index contributed by atoms with van der Waals surface area (Å²) in [5.74, 6) is -0.312. The average molecular weight is 296 g/mol. The van der Waals surface area contributed by atoms with Gasteiger partial charge in [0.1, 0.15) is 6.04 Å². The Kier molecular flexibility index (Phi) is 8.66. The monoisotopic (exact) mass is 295 g/mol. The molecule has 0 bridgehead atoms. The minimum Gasteiger partial charge on any atom is -0.383 e. The second kappa shape index (κ2) is 9.08. The van der Waals surface area contributed by atoms with Gasteiger partial charge >= 0.3 is 0 Å². The van der Waals surface area contributed by atoms with Gasteiger partial charge < -0.3 is 25.0 Å².